The molecule has 3 heterocycles. The first-order valence-electron chi connectivity index (χ1n) is 19.1. The molecule has 8 heteroatoms. The summed E-state index contributed by atoms with van der Waals surface area (Å²) in [6.45, 7) is 1.78. The van der Waals surface area contributed by atoms with Crippen molar-refractivity contribution in [1.82, 2.24) is 0 Å². The predicted molar refractivity (Wildman–Crippen MR) is 202 cm³/mol. The Bertz CT molecular complexity index is 2020. The average Bonchev–Trinajstić information content (AvgIpc) is 4.02. The number of ether oxygens (including phenoxy) is 7. The molecule has 0 aromatic heterocycles. The van der Waals surface area contributed by atoms with Gasteiger partial charge in [-0.25, -0.2) is 0 Å². The number of aliphatic hydroxyl groups excluding tert-OH is 1. The van der Waals surface area contributed by atoms with E-state index in [1.54, 1.807) is 0 Å². The van der Waals surface area contributed by atoms with Crippen molar-refractivity contribution in [2.45, 2.75) is 74.7 Å². The summed E-state index contributed by atoms with van der Waals surface area (Å²) in [4.78, 5) is 0. The molecule has 1 N–H and O–H groups in total. The van der Waals surface area contributed by atoms with Crippen LogP contribution in [0.5, 0.6) is 11.5 Å². The first-order valence-corrected chi connectivity index (χ1v) is 19.1. The lowest BCUT2D eigenvalue weighted by Gasteiger charge is -2.50. The molecule has 3 aliphatic heterocycles. The number of benzene rings is 5. The minimum atomic E-state index is -1.39. The van der Waals surface area contributed by atoms with Crippen molar-refractivity contribution < 1.29 is 38.3 Å². The van der Waals surface area contributed by atoms with E-state index in [0.29, 0.717) is 45.4 Å². The molecule has 1 aliphatic carbocycles. The highest BCUT2D eigenvalue weighted by atomic mass is 16.8. The van der Waals surface area contributed by atoms with E-state index in [0.717, 1.165) is 52.2 Å². The van der Waals surface area contributed by atoms with Crippen molar-refractivity contribution in [3.63, 3.8) is 0 Å². The van der Waals surface area contributed by atoms with Crippen LogP contribution >= 0.6 is 0 Å². The van der Waals surface area contributed by atoms with Gasteiger partial charge in [-0.05, 0) is 76.8 Å². The maximum atomic E-state index is 11.3. The lowest BCUT2D eigenvalue weighted by atomic mass is 9.82. The van der Waals surface area contributed by atoms with Gasteiger partial charge in [-0.2, -0.15) is 0 Å². The molecule has 5 atom stereocenters. The van der Waals surface area contributed by atoms with Crippen LogP contribution in [0.25, 0.3) is 0 Å². The van der Waals surface area contributed by atoms with Gasteiger partial charge in [-0.1, -0.05) is 109 Å². The van der Waals surface area contributed by atoms with Crippen LogP contribution in [0.15, 0.2) is 127 Å². The number of rotatable bonds is 14. The third-order valence-corrected chi connectivity index (χ3v) is 11.0. The monoisotopic (exact) mass is 726 g/mol. The average molecular weight is 727 g/mol. The molecule has 0 radical (unpaired) electrons. The molecule has 278 valence electrons. The van der Waals surface area contributed by atoms with E-state index >= 15 is 0 Å². The van der Waals surface area contributed by atoms with Gasteiger partial charge in [-0.15, -0.1) is 0 Å². The van der Waals surface area contributed by atoms with Crippen molar-refractivity contribution in [3.8, 4) is 11.5 Å². The Labute approximate surface area is 316 Å². The summed E-state index contributed by atoms with van der Waals surface area (Å²) in [6.07, 6.45) is 0.869. The minimum absolute atomic E-state index is 0.0984. The summed E-state index contributed by atoms with van der Waals surface area (Å²) in [5, 5.41) is 11.3. The fourth-order valence-corrected chi connectivity index (χ4v) is 8.12. The summed E-state index contributed by atoms with van der Waals surface area (Å²) < 4.78 is 46.5. The third kappa shape index (κ3) is 7.06. The Hall–Kier alpha value is -4.54. The van der Waals surface area contributed by atoms with E-state index in [2.05, 4.69) is 30.3 Å². The van der Waals surface area contributed by atoms with Crippen molar-refractivity contribution in [3.05, 3.63) is 166 Å². The second-order valence-electron chi connectivity index (χ2n) is 14.8. The van der Waals surface area contributed by atoms with E-state index in [1.807, 2.05) is 97.1 Å². The summed E-state index contributed by atoms with van der Waals surface area (Å²) in [6, 6.07) is 43.0. The fraction of sp³-hybridized carbons (Fsp3) is 0.348. The Balaban J connectivity index is 1.12. The van der Waals surface area contributed by atoms with E-state index in [1.165, 1.54) is 11.1 Å². The topological polar surface area (TPSA) is 84.8 Å². The van der Waals surface area contributed by atoms with Gasteiger partial charge in [0, 0.05) is 5.56 Å². The quantitative estimate of drug-likeness (QED) is 0.125. The van der Waals surface area contributed by atoms with Crippen LogP contribution in [-0.2, 0) is 55.7 Å². The van der Waals surface area contributed by atoms with Gasteiger partial charge in [0.15, 0.2) is 11.5 Å². The lowest BCUT2D eigenvalue weighted by Crippen LogP contribution is -2.67. The molecule has 5 unspecified atom stereocenters. The highest BCUT2D eigenvalue weighted by Crippen LogP contribution is 2.54. The Morgan fingerprint density at radius 1 is 0.611 bits per heavy atom. The van der Waals surface area contributed by atoms with Gasteiger partial charge >= 0.3 is 0 Å². The smallest absolute Gasteiger partial charge is 0.225 e. The van der Waals surface area contributed by atoms with Gasteiger partial charge in [0.1, 0.15) is 37.1 Å². The summed E-state index contributed by atoms with van der Waals surface area (Å²) in [5.41, 5.74) is 6.30. The second-order valence-corrected chi connectivity index (χ2v) is 14.8. The van der Waals surface area contributed by atoms with Gasteiger partial charge in [0.25, 0.3) is 0 Å². The molecule has 54 heavy (non-hydrogen) atoms. The zero-order valence-corrected chi connectivity index (χ0v) is 30.3. The first kappa shape index (κ1) is 35.2. The molecule has 4 aliphatic rings. The van der Waals surface area contributed by atoms with E-state index in [-0.39, 0.29) is 13.2 Å². The van der Waals surface area contributed by atoms with E-state index in [9.17, 15) is 5.11 Å². The summed E-state index contributed by atoms with van der Waals surface area (Å²) in [7, 11) is 0. The Kier molecular flexibility index (Phi) is 9.97. The van der Waals surface area contributed by atoms with Crippen LogP contribution in [0.1, 0.15) is 57.7 Å². The van der Waals surface area contributed by atoms with Crippen LogP contribution in [0.4, 0.5) is 0 Å². The summed E-state index contributed by atoms with van der Waals surface area (Å²) in [5.74, 6) is 0.673. The van der Waals surface area contributed by atoms with Gasteiger partial charge in [0.2, 0.25) is 5.79 Å². The molecule has 5 aromatic rings. The highest BCUT2D eigenvalue weighted by Gasteiger charge is 2.69. The first-order chi connectivity index (χ1) is 26.6. The van der Waals surface area contributed by atoms with E-state index < -0.39 is 29.7 Å². The Morgan fingerprint density at radius 3 is 1.85 bits per heavy atom. The van der Waals surface area contributed by atoms with Gasteiger partial charge in [0.05, 0.1) is 33.0 Å². The van der Waals surface area contributed by atoms with Crippen LogP contribution in [-0.4, -0.2) is 55.4 Å². The number of fused-ring (bicyclic) bond motifs is 3. The molecular weight excluding hydrogens is 680 g/mol. The molecule has 2 saturated heterocycles. The van der Waals surface area contributed by atoms with Gasteiger partial charge < -0.3 is 38.3 Å². The summed E-state index contributed by atoms with van der Waals surface area (Å²) >= 11 is 0. The molecule has 5 aromatic carbocycles. The standard InChI is InChI=1S/C46H46O8/c47-30-45-31-53-46(54-45,38-19-20-39(36-17-18-36)37(26-38)24-35-16-21-40-41(25-35)49-23-22-48-40)44(52-29-34-14-8-3-9-15-34)42(50-27-32-10-4-1-5-11-32)43(45)51-28-33-12-6-2-7-13-33/h1-16,19-21,25-26,36,42-44,47H,17-18,22-24,27-31H2. The number of hydrogen-bond donors (Lipinski definition) is 1. The zero-order valence-electron chi connectivity index (χ0n) is 30.3. The van der Waals surface area contributed by atoms with Crippen LogP contribution in [0.3, 0.4) is 0 Å². The number of aliphatic hydroxyl groups is 1. The lowest BCUT2D eigenvalue weighted by molar-refractivity contribution is -0.353. The molecule has 1 saturated carbocycles. The molecule has 0 amide bonds. The molecule has 3 fully saturated rings. The molecule has 0 spiro atoms. The highest BCUT2D eigenvalue weighted by molar-refractivity contribution is 5.47. The zero-order chi connectivity index (χ0) is 36.4. The van der Waals surface area contributed by atoms with Crippen LogP contribution in [0.2, 0.25) is 0 Å². The number of hydrogen-bond acceptors (Lipinski definition) is 8. The maximum absolute atomic E-state index is 11.3. The van der Waals surface area contributed by atoms with Gasteiger partial charge in [-0.3, -0.25) is 0 Å². The maximum Gasteiger partial charge on any atom is 0.225 e. The Morgan fingerprint density at radius 2 is 1.22 bits per heavy atom. The van der Waals surface area contributed by atoms with Crippen molar-refractivity contribution in [2.24, 2.45) is 0 Å². The van der Waals surface area contributed by atoms with Crippen LogP contribution < -0.4 is 9.47 Å². The molecular formula is C46H46O8. The van der Waals surface area contributed by atoms with E-state index in [4.69, 9.17) is 33.2 Å². The third-order valence-electron chi connectivity index (χ3n) is 11.0. The SMILES string of the molecule is OCC12COC(c3ccc(C4CC4)c(Cc4ccc5c(c4)OCCO5)c3)(O1)C(OCc1ccccc1)C(OCc1ccccc1)C2OCc1ccccc1. The largest absolute Gasteiger partial charge is 0.486 e. The minimum Gasteiger partial charge on any atom is -0.486 e. The second kappa shape index (κ2) is 15.3. The van der Waals surface area contributed by atoms with Crippen molar-refractivity contribution in [1.29, 1.82) is 0 Å². The van der Waals surface area contributed by atoms with Crippen molar-refractivity contribution >= 4 is 0 Å². The fourth-order valence-electron chi connectivity index (χ4n) is 8.12. The normalized spacial score (nSPS) is 25.8. The molecule has 8 nitrogen and oxygen atoms in total. The molecule has 2 bridgehead atoms. The predicted octanol–water partition coefficient (Wildman–Crippen LogP) is 7.63. The van der Waals surface area contributed by atoms with Crippen LogP contribution in [0, 0.1) is 0 Å². The van der Waals surface area contributed by atoms with Crippen molar-refractivity contribution in [2.75, 3.05) is 26.4 Å². The molecule has 9 rings (SSSR count).